The molecule has 2 N–H and O–H groups in total. The molecule has 0 spiro atoms. The average molecular weight is 240 g/mol. The van der Waals surface area contributed by atoms with Crippen LogP contribution in [0.15, 0.2) is 0 Å². The Morgan fingerprint density at radius 3 is 2.53 bits per heavy atom. The van der Waals surface area contributed by atoms with Crippen LogP contribution in [0.4, 0.5) is 0 Å². The Balaban J connectivity index is 2.00. The number of hydrogen-bond donors (Lipinski definition) is 2. The van der Waals surface area contributed by atoms with Gasteiger partial charge in [0.25, 0.3) is 0 Å². The van der Waals surface area contributed by atoms with E-state index in [0.29, 0.717) is 19.4 Å². The van der Waals surface area contributed by atoms with Crippen molar-refractivity contribution >= 4 is 17.8 Å². The molecule has 2 rings (SSSR count). The van der Waals surface area contributed by atoms with E-state index in [-0.39, 0.29) is 11.8 Å². The maximum Gasteiger partial charge on any atom is 0.307 e. The molecule has 6 nitrogen and oxygen atoms in total. The molecule has 3 unspecified atom stereocenters. The van der Waals surface area contributed by atoms with Crippen molar-refractivity contribution in [3.8, 4) is 0 Å². The summed E-state index contributed by atoms with van der Waals surface area (Å²) in [6.07, 6.45) is 1.87. The molecule has 0 aromatic carbocycles. The molecule has 0 aromatic heterocycles. The maximum atomic E-state index is 12.0. The highest BCUT2D eigenvalue weighted by Crippen LogP contribution is 2.41. The summed E-state index contributed by atoms with van der Waals surface area (Å²) < 4.78 is 0. The smallest absolute Gasteiger partial charge is 0.307 e. The van der Waals surface area contributed by atoms with Gasteiger partial charge in [0.2, 0.25) is 11.8 Å². The second-order valence-corrected chi connectivity index (χ2v) is 4.59. The number of carbonyl (C=O) groups is 3. The van der Waals surface area contributed by atoms with Crippen LogP contribution >= 0.6 is 0 Å². The van der Waals surface area contributed by atoms with E-state index in [9.17, 15) is 14.4 Å². The lowest BCUT2D eigenvalue weighted by Crippen LogP contribution is -2.45. The van der Waals surface area contributed by atoms with Crippen LogP contribution in [-0.4, -0.2) is 47.4 Å². The molecule has 0 bridgehead atoms. The number of likely N-dealkylation sites (N-methyl/N-ethyl adjacent to an activating group) is 1. The molecule has 2 aliphatic rings. The zero-order valence-electron chi connectivity index (χ0n) is 9.68. The van der Waals surface area contributed by atoms with E-state index in [0.717, 1.165) is 6.42 Å². The summed E-state index contributed by atoms with van der Waals surface area (Å²) in [6, 6.07) is -0.414. The zero-order valence-corrected chi connectivity index (χ0v) is 9.68. The van der Waals surface area contributed by atoms with Gasteiger partial charge in [-0.3, -0.25) is 14.4 Å². The maximum absolute atomic E-state index is 12.0. The molecular formula is C11H16N2O4. The summed E-state index contributed by atoms with van der Waals surface area (Å²) in [5, 5.41) is 11.3. The summed E-state index contributed by atoms with van der Waals surface area (Å²) in [4.78, 5) is 35.8. The third-order valence-electron chi connectivity index (χ3n) is 3.51. The van der Waals surface area contributed by atoms with E-state index < -0.39 is 23.8 Å². The summed E-state index contributed by atoms with van der Waals surface area (Å²) in [7, 11) is 1.54. The third kappa shape index (κ3) is 2.11. The molecule has 0 aromatic rings. The van der Waals surface area contributed by atoms with Crippen LogP contribution < -0.4 is 5.32 Å². The third-order valence-corrected chi connectivity index (χ3v) is 3.51. The van der Waals surface area contributed by atoms with E-state index in [1.165, 1.54) is 4.90 Å². The SMILES string of the molecule is CNC(=O)C1CCCN1C(=O)C1CC1C(=O)O. The molecule has 3 atom stereocenters. The Kier molecular flexibility index (Phi) is 3.04. The van der Waals surface area contributed by atoms with Crippen LogP contribution in [0.25, 0.3) is 0 Å². The van der Waals surface area contributed by atoms with E-state index in [1.807, 2.05) is 0 Å². The van der Waals surface area contributed by atoms with Crippen LogP contribution in [0, 0.1) is 11.8 Å². The van der Waals surface area contributed by atoms with Crippen LogP contribution in [0.1, 0.15) is 19.3 Å². The second kappa shape index (κ2) is 4.35. The molecule has 2 fully saturated rings. The van der Waals surface area contributed by atoms with Gasteiger partial charge in [0.1, 0.15) is 6.04 Å². The number of rotatable bonds is 3. The van der Waals surface area contributed by atoms with Gasteiger partial charge in [-0.1, -0.05) is 0 Å². The zero-order chi connectivity index (χ0) is 12.6. The van der Waals surface area contributed by atoms with E-state index in [1.54, 1.807) is 7.05 Å². The Hall–Kier alpha value is -1.59. The number of amides is 2. The Morgan fingerprint density at radius 1 is 1.29 bits per heavy atom. The molecule has 1 saturated heterocycles. The minimum atomic E-state index is -0.918. The van der Waals surface area contributed by atoms with Crippen LogP contribution in [0.2, 0.25) is 0 Å². The fourth-order valence-corrected chi connectivity index (χ4v) is 2.42. The first-order valence-corrected chi connectivity index (χ1v) is 5.81. The van der Waals surface area contributed by atoms with Gasteiger partial charge in [-0.2, -0.15) is 0 Å². The first-order valence-electron chi connectivity index (χ1n) is 5.81. The van der Waals surface area contributed by atoms with Crippen LogP contribution in [-0.2, 0) is 14.4 Å². The van der Waals surface area contributed by atoms with Crippen molar-refractivity contribution in [2.45, 2.75) is 25.3 Å². The Labute approximate surface area is 99.0 Å². The first-order chi connectivity index (χ1) is 8.06. The van der Waals surface area contributed by atoms with Gasteiger partial charge in [-0.25, -0.2) is 0 Å². The molecule has 2 amide bonds. The molecular weight excluding hydrogens is 224 g/mol. The van der Waals surface area contributed by atoms with Gasteiger partial charge in [0.15, 0.2) is 0 Å². The molecule has 1 heterocycles. The quantitative estimate of drug-likeness (QED) is 0.692. The number of carboxylic acids is 1. The normalized spacial score (nSPS) is 31.1. The average Bonchev–Trinajstić information content (AvgIpc) is 2.97. The summed E-state index contributed by atoms with van der Waals surface area (Å²) >= 11 is 0. The summed E-state index contributed by atoms with van der Waals surface area (Å²) in [5.74, 6) is -2.22. The number of nitrogens with one attached hydrogen (secondary N) is 1. The van der Waals surface area contributed by atoms with Gasteiger partial charge >= 0.3 is 5.97 Å². The molecule has 0 radical (unpaired) electrons. The number of carbonyl (C=O) groups excluding carboxylic acids is 2. The van der Waals surface area contributed by atoms with Gasteiger partial charge in [0, 0.05) is 13.6 Å². The Morgan fingerprint density at radius 2 is 2.00 bits per heavy atom. The summed E-state index contributed by atoms with van der Waals surface area (Å²) in [6.45, 7) is 0.555. The first kappa shape index (κ1) is 11.9. The van der Waals surface area contributed by atoms with Gasteiger partial charge in [-0.15, -0.1) is 0 Å². The van der Waals surface area contributed by atoms with Gasteiger partial charge in [0.05, 0.1) is 11.8 Å². The number of carboxylic acid groups (broad SMARTS) is 1. The van der Waals surface area contributed by atoms with E-state index in [2.05, 4.69) is 5.32 Å². The molecule has 1 saturated carbocycles. The molecule has 94 valence electrons. The van der Waals surface area contributed by atoms with Crippen LogP contribution in [0.3, 0.4) is 0 Å². The Bertz CT molecular complexity index is 368. The van der Waals surface area contributed by atoms with Crippen molar-refractivity contribution < 1.29 is 19.5 Å². The van der Waals surface area contributed by atoms with E-state index in [4.69, 9.17) is 5.11 Å². The largest absolute Gasteiger partial charge is 0.481 e. The predicted molar refractivity (Wildman–Crippen MR) is 58.0 cm³/mol. The fraction of sp³-hybridized carbons (Fsp3) is 0.727. The highest BCUT2D eigenvalue weighted by molar-refractivity contribution is 5.93. The fourth-order valence-electron chi connectivity index (χ4n) is 2.42. The molecule has 1 aliphatic carbocycles. The number of aliphatic carboxylic acids is 1. The summed E-state index contributed by atoms with van der Waals surface area (Å²) in [5.41, 5.74) is 0. The van der Waals surface area contributed by atoms with Crippen molar-refractivity contribution in [2.24, 2.45) is 11.8 Å². The number of nitrogens with zero attached hydrogens (tertiary/aromatic N) is 1. The van der Waals surface area contributed by atoms with Gasteiger partial charge in [-0.05, 0) is 19.3 Å². The molecule has 6 heteroatoms. The van der Waals surface area contributed by atoms with E-state index >= 15 is 0 Å². The van der Waals surface area contributed by atoms with Crippen molar-refractivity contribution in [3.05, 3.63) is 0 Å². The van der Waals surface area contributed by atoms with Gasteiger partial charge < -0.3 is 15.3 Å². The van der Waals surface area contributed by atoms with Crippen LogP contribution in [0.5, 0.6) is 0 Å². The number of likely N-dealkylation sites (tertiary alicyclic amines) is 1. The minimum Gasteiger partial charge on any atom is -0.481 e. The van der Waals surface area contributed by atoms with Crippen molar-refractivity contribution in [1.29, 1.82) is 0 Å². The second-order valence-electron chi connectivity index (χ2n) is 4.59. The number of hydrogen-bond acceptors (Lipinski definition) is 3. The predicted octanol–water partition coefficient (Wildman–Crippen LogP) is -0.556. The van der Waals surface area contributed by atoms with Crippen molar-refractivity contribution in [1.82, 2.24) is 10.2 Å². The molecule has 1 aliphatic heterocycles. The topological polar surface area (TPSA) is 86.7 Å². The highest BCUT2D eigenvalue weighted by atomic mass is 16.4. The lowest BCUT2D eigenvalue weighted by molar-refractivity contribution is -0.143. The van der Waals surface area contributed by atoms with Crippen molar-refractivity contribution in [2.75, 3.05) is 13.6 Å². The molecule has 17 heavy (non-hydrogen) atoms. The monoisotopic (exact) mass is 240 g/mol. The minimum absolute atomic E-state index is 0.164. The standard InChI is InChI=1S/C11H16N2O4/c1-12-9(14)8-3-2-4-13(8)10(15)6-5-7(6)11(16)17/h6-8H,2-5H2,1H3,(H,12,14)(H,16,17). The highest BCUT2D eigenvalue weighted by Gasteiger charge is 2.51. The lowest BCUT2D eigenvalue weighted by Gasteiger charge is -2.23. The lowest BCUT2D eigenvalue weighted by atomic mass is 10.2. The van der Waals surface area contributed by atoms with Crippen molar-refractivity contribution in [3.63, 3.8) is 0 Å².